The summed E-state index contributed by atoms with van der Waals surface area (Å²) in [6.45, 7) is 2.71. The molecule has 1 saturated heterocycles. The molecule has 0 bridgehead atoms. The van der Waals surface area contributed by atoms with Crippen molar-refractivity contribution in [3.05, 3.63) is 23.8 Å². The van der Waals surface area contributed by atoms with Crippen molar-refractivity contribution in [3.8, 4) is 5.75 Å². The number of carbonyl (C=O) groups excluding carboxylic acids is 1. The molecule has 1 fully saturated rings. The Hall–Kier alpha value is -1.68. The fourth-order valence-electron chi connectivity index (χ4n) is 3.04. The van der Waals surface area contributed by atoms with Crippen LogP contribution in [0.5, 0.6) is 5.75 Å². The molecule has 2 rings (SSSR count). The van der Waals surface area contributed by atoms with Gasteiger partial charge in [0.1, 0.15) is 5.75 Å². The van der Waals surface area contributed by atoms with Crippen LogP contribution in [0.2, 0.25) is 0 Å². The van der Waals surface area contributed by atoms with Gasteiger partial charge in [-0.25, -0.2) is 13.6 Å². The van der Waals surface area contributed by atoms with Gasteiger partial charge in [0.2, 0.25) is 10.0 Å². The summed E-state index contributed by atoms with van der Waals surface area (Å²) >= 11 is 0. The van der Waals surface area contributed by atoms with Crippen LogP contribution in [0.4, 0.5) is 0 Å². The number of nitrogens with two attached hydrogens (primary N) is 1. The van der Waals surface area contributed by atoms with Gasteiger partial charge in [-0.05, 0) is 44.1 Å². The topological polar surface area (TPSA) is 120 Å². The molecule has 1 aliphatic heterocycles. The van der Waals surface area contributed by atoms with E-state index >= 15 is 0 Å². The molecule has 1 heterocycles. The Bertz CT molecular complexity index is 709. The first-order chi connectivity index (χ1) is 11.8. The highest BCUT2D eigenvalue weighted by Crippen LogP contribution is 2.29. The number of hydrogen-bond acceptors (Lipinski definition) is 6. The van der Waals surface area contributed by atoms with E-state index in [4.69, 9.17) is 14.6 Å². The minimum Gasteiger partial charge on any atom is -0.496 e. The number of rotatable bonds is 7. The monoisotopic (exact) mass is 371 g/mol. The number of hydrogen-bond donors (Lipinski definition) is 3. The minimum atomic E-state index is -3.90. The lowest BCUT2D eigenvalue weighted by atomic mass is 9.79. The standard InChI is InChI=1S/C16H25N3O5S/c1-23-11-16(5-7-18-8-6-16)10-19-15(20)13-9-12(25(17,21)22)3-4-14(13)24-2/h3-4,9,18H,5-8,10-11H2,1-2H3,(H,19,20)(H2,17,21,22). The molecule has 1 aliphatic rings. The average molecular weight is 371 g/mol. The van der Waals surface area contributed by atoms with Gasteiger partial charge >= 0.3 is 0 Å². The van der Waals surface area contributed by atoms with Crippen LogP contribution in [0.1, 0.15) is 23.2 Å². The van der Waals surface area contributed by atoms with E-state index < -0.39 is 15.9 Å². The summed E-state index contributed by atoms with van der Waals surface area (Å²) in [6, 6.07) is 3.96. The van der Waals surface area contributed by atoms with E-state index in [0.29, 0.717) is 13.2 Å². The smallest absolute Gasteiger partial charge is 0.255 e. The van der Waals surface area contributed by atoms with Gasteiger partial charge in [-0.1, -0.05) is 0 Å². The number of piperidine rings is 1. The molecule has 140 valence electrons. The van der Waals surface area contributed by atoms with E-state index in [-0.39, 0.29) is 21.6 Å². The summed E-state index contributed by atoms with van der Waals surface area (Å²) in [5.41, 5.74) is -0.00370. The van der Waals surface area contributed by atoms with Crippen molar-refractivity contribution in [2.45, 2.75) is 17.7 Å². The Labute approximate surface area is 148 Å². The van der Waals surface area contributed by atoms with E-state index in [1.807, 2.05) is 0 Å². The molecular weight excluding hydrogens is 346 g/mol. The molecule has 1 aromatic carbocycles. The number of ether oxygens (including phenoxy) is 2. The molecule has 4 N–H and O–H groups in total. The van der Waals surface area contributed by atoms with Crippen molar-refractivity contribution < 1.29 is 22.7 Å². The molecule has 0 unspecified atom stereocenters. The maximum absolute atomic E-state index is 12.6. The Morgan fingerprint density at radius 1 is 1.32 bits per heavy atom. The predicted molar refractivity (Wildman–Crippen MR) is 93.1 cm³/mol. The summed E-state index contributed by atoms with van der Waals surface area (Å²) < 4.78 is 33.6. The fraction of sp³-hybridized carbons (Fsp3) is 0.562. The number of carbonyl (C=O) groups is 1. The zero-order valence-electron chi connectivity index (χ0n) is 14.5. The van der Waals surface area contributed by atoms with Crippen LogP contribution in [0, 0.1) is 5.41 Å². The summed E-state index contributed by atoms with van der Waals surface area (Å²) in [5, 5.41) is 11.3. The predicted octanol–water partition coefficient (Wildman–Crippen LogP) is 0.0886. The van der Waals surface area contributed by atoms with Crippen molar-refractivity contribution in [2.75, 3.05) is 40.5 Å². The number of benzene rings is 1. The van der Waals surface area contributed by atoms with Crippen LogP contribution in [-0.4, -0.2) is 54.8 Å². The van der Waals surface area contributed by atoms with Crippen LogP contribution in [-0.2, 0) is 14.8 Å². The highest BCUT2D eigenvalue weighted by Gasteiger charge is 2.33. The van der Waals surface area contributed by atoms with Crippen molar-refractivity contribution in [1.82, 2.24) is 10.6 Å². The van der Waals surface area contributed by atoms with Gasteiger partial charge in [0.25, 0.3) is 5.91 Å². The lowest BCUT2D eigenvalue weighted by Gasteiger charge is -2.37. The van der Waals surface area contributed by atoms with Gasteiger partial charge in [-0.3, -0.25) is 4.79 Å². The fourth-order valence-corrected chi connectivity index (χ4v) is 3.58. The molecule has 0 spiro atoms. The van der Waals surface area contributed by atoms with Gasteiger partial charge in [-0.2, -0.15) is 0 Å². The van der Waals surface area contributed by atoms with Crippen LogP contribution in [0.15, 0.2) is 23.1 Å². The third-order valence-electron chi connectivity index (χ3n) is 4.48. The Kier molecular flexibility index (Phi) is 6.39. The van der Waals surface area contributed by atoms with E-state index in [1.54, 1.807) is 7.11 Å². The Morgan fingerprint density at radius 2 is 2.00 bits per heavy atom. The molecule has 25 heavy (non-hydrogen) atoms. The van der Waals surface area contributed by atoms with E-state index in [2.05, 4.69) is 10.6 Å². The summed E-state index contributed by atoms with van der Waals surface area (Å²) in [6.07, 6.45) is 1.77. The molecule has 0 atom stereocenters. The molecule has 0 radical (unpaired) electrons. The second-order valence-corrected chi connectivity index (χ2v) is 7.83. The molecule has 1 amide bonds. The molecule has 9 heteroatoms. The number of methoxy groups -OCH3 is 2. The number of primary sulfonamides is 1. The molecule has 8 nitrogen and oxygen atoms in total. The molecular formula is C16H25N3O5S. The number of sulfonamides is 1. The second kappa shape index (κ2) is 8.13. The largest absolute Gasteiger partial charge is 0.496 e. The first-order valence-corrected chi connectivity index (χ1v) is 9.55. The lowest BCUT2D eigenvalue weighted by molar-refractivity contribution is 0.0511. The average Bonchev–Trinajstić information content (AvgIpc) is 2.59. The summed E-state index contributed by atoms with van der Waals surface area (Å²) in [7, 11) is -0.842. The normalized spacial score (nSPS) is 17.1. The first-order valence-electron chi connectivity index (χ1n) is 8.00. The van der Waals surface area contributed by atoms with Crippen molar-refractivity contribution >= 4 is 15.9 Å². The second-order valence-electron chi connectivity index (χ2n) is 6.27. The molecule has 0 aromatic heterocycles. The van der Waals surface area contributed by atoms with E-state index in [0.717, 1.165) is 25.9 Å². The SMILES string of the molecule is COCC1(CNC(=O)c2cc(S(N)(=O)=O)ccc2OC)CCNCC1. The maximum Gasteiger partial charge on any atom is 0.255 e. The lowest BCUT2D eigenvalue weighted by Crippen LogP contribution is -2.47. The van der Waals surface area contributed by atoms with Gasteiger partial charge in [0.05, 0.1) is 24.2 Å². The van der Waals surface area contributed by atoms with Gasteiger partial charge in [0.15, 0.2) is 0 Å². The molecule has 0 aliphatic carbocycles. The van der Waals surface area contributed by atoms with Crippen molar-refractivity contribution in [3.63, 3.8) is 0 Å². The Balaban J connectivity index is 2.19. The van der Waals surface area contributed by atoms with Crippen LogP contribution < -0.4 is 20.5 Å². The van der Waals surface area contributed by atoms with Crippen molar-refractivity contribution in [2.24, 2.45) is 10.6 Å². The van der Waals surface area contributed by atoms with Crippen molar-refractivity contribution in [1.29, 1.82) is 0 Å². The third-order valence-corrected chi connectivity index (χ3v) is 5.39. The van der Waals surface area contributed by atoms with Gasteiger partial charge in [0, 0.05) is 19.1 Å². The highest BCUT2D eigenvalue weighted by molar-refractivity contribution is 7.89. The minimum absolute atomic E-state index is 0.132. The van der Waals surface area contributed by atoms with Crippen LogP contribution >= 0.6 is 0 Å². The summed E-state index contributed by atoms with van der Waals surface area (Å²) in [5.74, 6) is -0.118. The maximum atomic E-state index is 12.6. The third kappa shape index (κ3) is 4.91. The first kappa shape index (κ1) is 19.6. The van der Waals surface area contributed by atoms with Gasteiger partial charge < -0.3 is 20.1 Å². The number of nitrogens with one attached hydrogen (secondary N) is 2. The van der Waals surface area contributed by atoms with E-state index in [9.17, 15) is 13.2 Å². The molecule has 1 aromatic rings. The quantitative estimate of drug-likeness (QED) is 0.625. The number of amides is 1. The zero-order chi connectivity index (χ0) is 18.5. The van der Waals surface area contributed by atoms with Crippen LogP contribution in [0.25, 0.3) is 0 Å². The zero-order valence-corrected chi connectivity index (χ0v) is 15.3. The van der Waals surface area contributed by atoms with Crippen LogP contribution in [0.3, 0.4) is 0 Å². The molecule has 0 saturated carbocycles. The van der Waals surface area contributed by atoms with Gasteiger partial charge in [-0.15, -0.1) is 0 Å². The highest BCUT2D eigenvalue weighted by atomic mass is 32.2. The summed E-state index contributed by atoms with van der Waals surface area (Å²) in [4.78, 5) is 12.5. The van der Waals surface area contributed by atoms with E-state index in [1.165, 1.54) is 25.3 Å². The Morgan fingerprint density at radius 3 is 2.56 bits per heavy atom.